The van der Waals surface area contributed by atoms with E-state index in [1.165, 1.54) is 12.5 Å². The molecule has 0 spiro atoms. The van der Waals surface area contributed by atoms with E-state index < -0.39 is 0 Å². The number of carbonyl (C=O) groups is 1. The van der Waals surface area contributed by atoms with E-state index in [-0.39, 0.29) is 12.1 Å². The molecule has 0 fully saturated rings. The quantitative estimate of drug-likeness (QED) is 0.484. The smallest absolute Gasteiger partial charge is 0.302 e. The maximum atomic E-state index is 10.7. The second-order valence-corrected chi connectivity index (χ2v) is 4.46. The monoisotopic (exact) mass is 224 g/mol. The van der Waals surface area contributed by atoms with E-state index in [1.54, 1.807) is 0 Å². The molecule has 2 heteroatoms. The summed E-state index contributed by atoms with van der Waals surface area (Å²) in [6.07, 6.45) is 7.19. The molecule has 16 heavy (non-hydrogen) atoms. The molecule has 0 amide bonds. The third-order valence-corrected chi connectivity index (χ3v) is 2.49. The van der Waals surface area contributed by atoms with E-state index in [2.05, 4.69) is 26.5 Å². The van der Waals surface area contributed by atoms with E-state index in [1.807, 2.05) is 13.0 Å². The van der Waals surface area contributed by atoms with Crippen molar-refractivity contribution >= 4 is 5.97 Å². The first kappa shape index (κ1) is 14.9. The van der Waals surface area contributed by atoms with Gasteiger partial charge < -0.3 is 4.74 Å². The minimum absolute atomic E-state index is 0.0226. The molecule has 2 nitrogen and oxygen atoms in total. The molecule has 0 bridgehead atoms. The summed E-state index contributed by atoms with van der Waals surface area (Å²) in [5.74, 6) is 0.357. The van der Waals surface area contributed by atoms with Crippen molar-refractivity contribution in [2.24, 2.45) is 5.92 Å². The molecule has 0 aromatic rings. The van der Waals surface area contributed by atoms with E-state index in [0.29, 0.717) is 5.92 Å². The van der Waals surface area contributed by atoms with Crippen molar-refractivity contribution in [2.75, 3.05) is 0 Å². The van der Waals surface area contributed by atoms with Gasteiger partial charge in [0, 0.05) is 13.3 Å². The molecule has 0 N–H and O–H groups in total. The molecule has 0 aliphatic carbocycles. The summed E-state index contributed by atoms with van der Waals surface area (Å²) in [6.45, 7) is 11.4. The first-order chi connectivity index (χ1) is 7.45. The van der Waals surface area contributed by atoms with Gasteiger partial charge in [-0.05, 0) is 32.6 Å². The Morgan fingerprint density at radius 1 is 1.38 bits per heavy atom. The molecule has 0 aromatic heterocycles. The highest BCUT2D eigenvalue weighted by Gasteiger charge is 2.05. The predicted octanol–water partition coefficient (Wildman–Crippen LogP) is 3.88. The van der Waals surface area contributed by atoms with Gasteiger partial charge >= 0.3 is 5.97 Å². The number of rotatable bonds is 7. The summed E-state index contributed by atoms with van der Waals surface area (Å²) >= 11 is 0. The van der Waals surface area contributed by atoms with Gasteiger partial charge in [0.15, 0.2) is 0 Å². The molecule has 0 aliphatic heterocycles. The third-order valence-electron chi connectivity index (χ3n) is 2.49. The highest BCUT2D eigenvalue weighted by molar-refractivity contribution is 5.66. The topological polar surface area (TPSA) is 26.3 Å². The molecular formula is C14H24O2. The molecule has 0 saturated heterocycles. The Kier molecular flexibility index (Phi) is 7.61. The lowest BCUT2D eigenvalue weighted by Crippen LogP contribution is -2.12. The van der Waals surface area contributed by atoms with Gasteiger partial charge in [-0.1, -0.05) is 24.6 Å². The zero-order valence-electron chi connectivity index (χ0n) is 11.0. The van der Waals surface area contributed by atoms with Crippen molar-refractivity contribution < 1.29 is 9.53 Å². The van der Waals surface area contributed by atoms with Gasteiger partial charge in [-0.2, -0.15) is 0 Å². The Morgan fingerprint density at radius 3 is 2.50 bits per heavy atom. The molecule has 0 aliphatic rings. The summed E-state index contributed by atoms with van der Waals surface area (Å²) in [5, 5.41) is 0. The number of carbonyl (C=O) groups excluding carboxylic acids is 1. The minimum Gasteiger partial charge on any atom is -0.463 e. The van der Waals surface area contributed by atoms with Crippen molar-refractivity contribution in [1.29, 1.82) is 0 Å². The van der Waals surface area contributed by atoms with Crippen LogP contribution in [0.3, 0.4) is 0 Å². The summed E-state index contributed by atoms with van der Waals surface area (Å²) in [4.78, 5) is 10.7. The van der Waals surface area contributed by atoms with Gasteiger partial charge in [-0.15, -0.1) is 6.58 Å². The van der Waals surface area contributed by atoms with Crippen molar-refractivity contribution in [2.45, 2.75) is 53.1 Å². The van der Waals surface area contributed by atoms with Crippen LogP contribution in [-0.4, -0.2) is 12.1 Å². The average Bonchev–Trinajstić information content (AvgIpc) is 2.15. The van der Waals surface area contributed by atoms with E-state index in [0.717, 1.165) is 19.3 Å². The van der Waals surface area contributed by atoms with Crippen LogP contribution in [-0.2, 0) is 9.53 Å². The fourth-order valence-corrected chi connectivity index (χ4v) is 1.57. The highest BCUT2D eigenvalue weighted by Crippen LogP contribution is 2.12. The Bertz CT molecular complexity index is 253. The van der Waals surface area contributed by atoms with Crippen LogP contribution in [0.1, 0.15) is 47.0 Å². The van der Waals surface area contributed by atoms with Crippen molar-refractivity contribution in [3.05, 3.63) is 24.3 Å². The lowest BCUT2D eigenvalue weighted by Gasteiger charge is -2.12. The third kappa shape index (κ3) is 8.27. The van der Waals surface area contributed by atoms with Crippen LogP contribution in [0.5, 0.6) is 0 Å². The molecule has 2 unspecified atom stereocenters. The van der Waals surface area contributed by atoms with Crippen LogP contribution in [0.25, 0.3) is 0 Å². The molecule has 0 rings (SSSR count). The molecule has 0 radical (unpaired) electrons. The normalized spacial score (nSPS) is 15.4. The van der Waals surface area contributed by atoms with Gasteiger partial charge in [0.2, 0.25) is 0 Å². The van der Waals surface area contributed by atoms with Crippen LogP contribution in [0.2, 0.25) is 0 Å². The van der Waals surface area contributed by atoms with E-state index in [9.17, 15) is 4.79 Å². The van der Waals surface area contributed by atoms with Gasteiger partial charge in [0.05, 0.1) is 0 Å². The molecule has 0 saturated carbocycles. The lowest BCUT2D eigenvalue weighted by molar-refractivity contribution is -0.145. The maximum absolute atomic E-state index is 10.7. The van der Waals surface area contributed by atoms with Crippen molar-refractivity contribution in [3.8, 4) is 0 Å². The second kappa shape index (κ2) is 8.14. The maximum Gasteiger partial charge on any atom is 0.302 e. The largest absolute Gasteiger partial charge is 0.463 e. The number of ether oxygens (including phenoxy) is 1. The lowest BCUT2D eigenvalue weighted by atomic mass is 10.0. The molecule has 92 valence electrons. The first-order valence-corrected chi connectivity index (χ1v) is 5.91. The van der Waals surface area contributed by atoms with Crippen LogP contribution >= 0.6 is 0 Å². The Hall–Kier alpha value is -1.05. The van der Waals surface area contributed by atoms with Crippen molar-refractivity contribution in [3.63, 3.8) is 0 Å². The van der Waals surface area contributed by atoms with Crippen LogP contribution in [0.4, 0.5) is 0 Å². The summed E-state index contributed by atoms with van der Waals surface area (Å²) in [5.41, 5.74) is 1.28. The zero-order valence-corrected chi connectivity index (χ0v) is 11.0. The summed E-state index contributed by atoms with van der Waals surface area (Å²) in [6, 6.07) is 0. The van der Waals surface area contributed by atoms with Crippen LogP contribution in [0.15, 0.2) is 24.3 Å². The molecule has 2 atom stereocenters. The standard InChI is InChI=1S/C14H24O2/c1-6-11(2)8-7-9-12(3)10-13(4)16-14(5)15/h6,9,11,13H,1,7-8,10H2,2-5H3. The predicted molar refractivity (Wildman–Crippen MR) is 68.2 cm³/mol. The Morgan fingerprint density at radius 2 is 2.00 bits per heavy atom. The van der Waals surface area contributed by atoms with Crippen LogP contribution < -0.4 is 0 Å². The number of hydrogen-bond donors (Lipinski definition) is 0. The molecule has 0 heterocycles. The van der Waals surface area contributed by atoms with E-state index in [4.69, 9.17) is 4.74 Å². The molecule has 0 aromatic carbocycles. The summed E-state index contributed by atoms with van der Waals surface area (Å²) in [7, 11) is 0. The Balaban J connectivity index is 3.86. The summed E-state index contributed by atoms with van der Waals surface area (Å²) < 4.78 is 5.07. The van der Waals surface area contributed by atoms with Crippen LogP contribution in [0, 0.1) is 5.92 Å². The Labute approximate surface area is 99.4 Å². The SMILES string of the molecule is C=CC(C)CCC=C(C)CC(C)OC(C)=O. The number of esters is 1. The van der Waals surface area contributed by atoms with Gasteiger partial charge in [0.1, 0.15) is 6.10 Å². The first-order valence-electron chi connectivity index (χ1n) is 5.91. The van der Waals surface area contributed by atoms with Crippen molar-refractivity contribution in [1.82, 2.24) is 0 Å². The zero-order chi connectivity index (χ0) is 12.6. The highest BCUT2D eigenvalue weighted by atomic mass is 16.5. The number of allylic oxidation sites excluding steroid dienone is 2. The van der Waals surface area contributed by atoms with Gasteiger partial charge in [0.25, 0.3) is 0 Å². The number of hydrogen-bond acceptors (Lipinski definition) is 2. The fraction of sp³-hybridized carbons (Fsp3) is 0.643. The minimum atomic E-state index is -0.208. The average molecular weight is 224 g/mol. The van der Waals surface area contributed by atoms with Gasteiger partial charge in [-0.25, -0.2) is 0 Å². The van der Waals surface area contributed by atoms with Gasteiger partial charge in [-0.3, -0.25) is 4.79 Å². The molecular weight excluding hydrogens is 200 g/mol. The fourth-order valence-electron chi connectivity index (χ4n) is 1.57. The van der Waals surface area contributed by atoms with E-state index >= 15 is 0 Å². The second-order valence-electron chi connectivity index (χ2n) is 4.46.